The maximum Gasteiger partial charge on any atom is 0.306 e. The second kappa shape index (κ2) is 6.08. The summed E-state index contributed by atoms with van der Waals surface area (Å²) in [7, 11) is 0. The molecule has 2 N–H and O–H groups in total. The van der Waals surface area contributed by atoms with Crippen LogP contribution in [-0.2, 0) is 11.3 Å². The van der Waals surface area contributed by atoms with Crippen LogP contribution in [0.3, 0.4) is 0 Å². The van der Waals surface area contributed by atoms with Crippen molar-refractivity contribution >= 4 is 28.5 Å². The average Bonchev–Trinajstić information content (AvgIpc) is 2.81. The molecule has 0 saturated heterocycles. The number of fused-ring (bicyclic) bond motifs is 1. The highest BCUT2D eigenvalue weighted by Crippen LogP contribution is 2.30. The fourth-order valence-electron chi connectivity index (χ4n) is 3.02. The van der Waals surface area contributed by atoms with Gasteiger partial charge < -0.3 is 14.8 Å². The Morgan fingerprint density at radius 1 is 1.29 bits per heavy atom. The quantitative estimate of drug-likeness (QED) is 0.901. The third-order valence-electron chi connectivity index (χ3n) is 4.29. The average molecular weight is 308 g/mol. The van der Waals surface area contributed by atoms with E-state index in [2.05, 4.69) is 5.32 Å². The van der Waals surface area contributed by atoms with Crippen molar-refractivity contribution in [1.82, 2.24) is 5.32 Å². The van der Waals surface area contributed by atoms with Crippen molar-refractivity contribution in [3.05, 3.63) is 35.0 Å². The van der Waals surface area contributed by atoms with Crippen molar-refractivity contribution in [2.24, 2.45) is 5.92 Å². The number of para-hydroxylation sites is 1. The Bertz CT molecular complexity index is 644. The number of aliphatic carboxylic acids is 1. The predicted molar refractivity (Wildman–Crippen MR) is 81.4 cm³/mol. The number of hydrogen-bond acceptors (Lipinski definition) is 3. The number of carboxylic acid groups (broad SMARTS) is 1. The van der Waals surface area contributed by atoms with Gasteiger partial charge in [0.05, 0.1) is 5.92 Å². The molecule has 1 aliphatic rings. The van der Waals surface area contributed by atoms with Gasteiger partial charge in [-0.2, -0.15) is 0 Å². The molecule has 4 nitrogen and oxygen atoms in total. The van der Waals surface area contributed by atoms with Crippen LogP contribution in [0.15, 0.2) is 28.7 Å². The van der Waals surface area contributed by atoms with Crippen LogP contribution in [0, 0.1) is 5.92 Å². The number of rotatable bonds is 4. The van der Waals surface area contributed by atoms with Crippen molar-refractivity contribution in [1.29, 1.82) is 0 Å². The Morgan fingerprint density at radius 2 is 2.00 bits per heavy atom. The Labute approximate surface area is 128 Å². The Balaban J connectivity index is 1.62. The molecule has 0 unspecified atom stereocenters. The molecular weight excluding hydrogens is 290 g/mol. The van der Waals surface area contributed by atoms with Gasteiger partial charge in [0.15, 0.2) is 5.22 Å². The molecule has 1 saturated carbocycles. The summed E-state index contributed by atoms with van der Waals surface area (Å²) in [6.07, 6.45) is 3.27. The molecule has 2 aromatic rings. The van der Waals surface area contributed by atoms with Crippen molar-refractivity contribution in [2.75, 3.05) is 0 Å². The zero-order chi connectivity index (χ0) is 14.8. The van der Waals surface area contributed by atoms with Crippen LogP contribution < -0.4 is 5.32 Å². The molecule has 0 spiro atoms. The van der Waals surface area contributed by atoms with Crippen molar-refractivity contribution in [3.63, 3.8) is 0 Å². The van der Waals surface area contributed by atoms with Gasteiger partial charge in [-0.3, -0.25) is 4.79 Å². The Hall–Kier alpha value is -1.52. The molecule has 21 heavy (non-hydrogen) atoms. The summed E-state index contributed by atoms with van der Waals surface area (Å²) in [5.74, 6) is -0.848. The minimum atomic E-state index is -0.669. The van der Waals surface area contributed by atoms with E-state index in [4.69, 9.17) is 21.1 Å². The highest BCUT2D eigenvalue weighted by Gasteiger charge is 2.26. The monoisotopic (exact) mass is 307 g/mol. The number of furan rings is 1. The Morgan fingerprint density at radius 3 is 2.71 bits per heavy atom. The number of carbonyl (C=O) groups is 1. The molecule has 1 heterocycles. The lowest BCUT2D eigenvalue weighted by Crippen LogP contribution is -2.34. The van der Waals surface area contributed by atoms with Gasteiger partial charge in [0.2, 0.25) is 0 Å². The molecule has 0 radical (unpaired) electrons. The van der Waals surface area contributed by atoms with E-state index in [-0.39, 0.29) is 5.92 Å². The minimum absolute atomic E-state index is 0.179. The molecule has 0 atom stereocenters. The van der Waals surface area contributed by atoms with Crippen molar-refractivity contribution in [3.8, 4) is 0 Å². The molecular formula is C16H18ClNO3. The summed E-state index contributed by atoms with van der Waals surface area (Å²) in [5, 5.41) is 14.0. The largest absolute Gasteiger partial charge is 0.481 e. The lowest BCUT2D eigenvalue weighted by Gasteiger charge is -2.26. The van der Waals surface area contributed by atoms with Crippen LogP contribution in [0.4, 0.5) is 0 Å². The van der Waals surface area contributed by atoms with Gasteiger partial charge in [0, 0.05) is 23.5 Å². The molecule has 1 aliphatic carbocycles. The van der Waals surface area contributed by atoms with E-state index in [1.807, 2.05) is 24.3 Å². The van der Waals surface area contributed by atoms with Gasteiger partial charge in [-0.15, -0.1) is 0 Å². The molecule has 0 amide bonds. The maximum absolute atomic E-state index is 10.9. The zero-order valence-corrected chi connectivity index (χ0v) is 12.4. The standard InChI is InChI=1S/C16H18ClNO3/c17-15-13(12-3-1-2-4-14(12)21-15)9-18-11-7-5-10(6-8-11)16(19)20/h1-4,10-11,18H,5-9H2,(H,19,20). The van der Waals surface area contributed by atoms with Crippen LogP contribution >= 0.6 is 11.6 Å². The molecule has 1 aromatic carbocycles. The number of halogens is 1. The van der Waals surface area contributed by atoms with E-state index in [9.17, 15) is 4.79 Å². The van der Waals surface area contributed by atoms with Crippen LogP contribution in [0.1, 0.15) is 31.2 Å². The van der Waals surface area contributed by atoms with Crippen molar-refractivity contribution < 1.29 is 14.3 Å². The van der Waals surface area contributed by atoms with E-state index in [0.717, 1.165) is 42.2 Å². The summed E-state index contributed by atoms with van der Waals surface area (Å²) in [5.41, 5.74) is 1.78. The van der Waals surface area contributed by atoms with Gasteiger partial charge in [-0.1, -0.05) is 18.2 Å². The second-order valence-electron chi connectivity index (χ2n) is 5.62. The van der Waals surface area contributed by atoms with E-state index >= 15 is 0 Å². The third-order valence-corrected chi connectivity index (χ3v) is 4.60. The molecule has 5 heteroatoms. The first kappa shape index (κ1) is 14.4. The highest BCUT2D eigenvalue weighted by atomic mass is 35.5. The summed E-state index contributed by atoms with van der Waals surface area (Å²) in [6, 6.07) is 8.15. The first-order chi connectivity index (χ1) is 10.1. The molecule has 3 rings (SSSR count). The molecule has 112 valence electrons. The number of carboxylic acids is 1. The first-order valence-corrected chi connectivity index (χ1v) is 7.65. The van der Waals surface area contributed by atoms with Gasteiger partial charge in [-0.25, -0.2) is 0 Å². The SMILES string of the molecule is O=C(O)C1CCC(NCc2c(Cl)oc3ccccc23)CC1. The molecule has 1 aromatic heterocycles. The fraction of sp³-hybridized carbons (Fsp3) is 0.438. The van der Waals surface area contributed by atoms with Crippen LogP contribution in [0.5, 0.6) is 0 Å². The zero-order valence-electron chi connectivity index (χ0n) is 11.6. The van der Waals surface area contributed by atoms with E-state index in [1.165, 1.54) is 0 Å². The third kappa shape index (κ3) is 3.06. The molecule has 0 aliphatic heterocycles. The lowest BCUT2D eigenvalue weighted by atomic mass is 9.86. The predicted octanol–water partition coefficient (Wildman–Crippen LogP) is 3.82. The summed E-state index contributed by atoms with van der Waals surface area (Å²) in [4.78, 5) is 10.9. The number of nitrogens with one attached hydrogen (secondary N) is 1. The van der Waals surface area contributed by atoms with Crippen LogP contribution in [0.2, 0.25) is 5.22 Å². The number of benzene rings is 1. The van der Waals surface area contributed by atoms with Crippen LogP contribution in [0.25, 0.3) is 11.0 Å². The lowest BCUT2D eigenvalue weighted by molar-refractivity contribution is -0.142. The van der Waals surface area contributed by atoms with Crippen molar-refractivity contribution in [2.45, 2.75) is 38.3 Å². The maximum atomic E-state index is 10.9. The van der Waals surface area contributed by atoms with Gasteiger partial charge in [0.1, 0.15) is 5.58 Å². The highest BCUT2D eigenvalue weighted by molar-refractivity contribution is 6.30. The van der Waals surface area contributed by atoms with Gasteiger partial charge >= 0.3 is 5.97 Å². The first-order valence-electron chi connectivity index (χ1n) is 7.27. The van der Waals surface area contributed by atoms with E-state index < -0.39 is 5.97 Å². The smallest absolute Gasteiger partial charge is 0.306 e. The van der Waals surface area contributed by atoms with Crippen LogP contribution in [-0.4, -0.2) is 17.1 Å². The Kier molecular flexibility index (Phi) is 4.17. The topological polar surface area (TPSA) is 62.5 Å². The van der Waals surface area contributed by atoms with Gasteiger partial charge in [0.25, 0.3) is 0 Å². The summed E-state index contributed by atoms with van der Waals surface area (Å²) >= 11 is 6.17. The van der Waals surface area contributed by atoms with E-state index in [1.54, 1.807) is 0 Å². The summed E-state index contributed by atoms with van der Waals surface area (Å²) in [6.45, 7) is 0.651. The fourth-order valence-corrected chi connectivity index (χ4v) is 3.28. The second-order valence-corrected chi connectivity index (χ2v) is 5.96. The number of hydrogen-bond donors (Lipinski definition) is 2. The summed E-state index contributed by atoms with van der Waals surface area (Å²) < 4.78 is 5.54. The molecule has 1 fully saturated rings. The molecule has 0 bridgehead atoms. The van der Waals surface area contributed by atoms with Gasteiger partial charge in [-0.05, 0) is 43.4 Å². The van der Waals surface area contributed by atoms with E-state index in [0.29, 0.717) is 17.8 Å². The minimum Gasteiger partial charge on any atom is -0.481 e. The normalized spacial score (nSPS) is 22.5.